The van der Waals surface area contributed by atoms with Crippen molar-refractivity contribution in [2.45, 2.75) is 52.9 Å². The molecule has 0 spiro atoms. The molecule has 0 saturated carbocycles. The Morgan fingerprint density at radius 3 is 1.88 bits per heavy atom. The van der Waals surface area contributed by atoms with E-state index >= 15 is 0 Å². The van der Waals surface area contributed by atoms with Crippen molar-refractivity contribution in [1.29, 1.82) is 0 Å². The van der Waals surface area contributed by atoms with E-state index in [1.165, 1.54) is 5.56 Å². The number of carbonyl (C=O) groups is 1. The Bertz CT molecular complexity index is 416. The minimum Gasteiger partial charge on any atom is -0.481 e. The molecule has 1 N–H and O–H groups in total. The Morgan fingerprint density at radius 1 is 1.18 bits per heavy atom. The zero-order chi connectivity index (χ0) is 13.4. The first-order valence-electron chi connectivity index (χ1n) is 5.99. The summed E-state index contributed by atoms with van der Waals surface area (Å²) in [5.41, 5.74) is 4.45. The molecule has 0 radical (unpaired) electrons. The van der Waals surface area contributed by atoms with Crippen LogP contribution in [-0.4, -0.2) is 11.1 Å². The van der Waals surface area contributed by atoms with Crippen LogP contribution < -0.4 is 0 Å². The summed E-state index contributed by atoms with van der Waals surface area (Å²) in [6.45, 7) is 12.2. The van der Waals surface area contributed by atoms with Gasteiger partial charge < -0.3 is 5.11 Å². The highest BCUT2D eigenvalue weighted by Crippen LogP contribution is 2.30. The van der Waals surface area contributed by atoms with Gasteiger partial charge in [0.25, 0.3) is 0 Å². The summed E-state index contributed by atoms with van der Waals surface area (Å²) < 4.78 is 0. The number of hydrogen-bond donors (Lipinski definition) is 1. The number of aryl methyl sites for hydroxylation is 2. The lowest BCUT2D eigenvalue weighted by atomic mass is 9.82. The predicted molar refractivity (Wildman–Crippen MR) is 70.7 cm³/mol. The molecule has 0 bridgehead atoms. The molecule has 94 valence electrons. The third kappa shape index (κ3) is 2.87. The van der Waals surface area contributed by atoms with Crippen molar-refractivity contribution in [2.75, 3.05) is 0 Å². The number of carboxylic acids is 1. The Morgan fingerprint density at radius 2 is 1.59 bits per heavy atom. The first kappa shape index (κ1) is 13.8. The predicted octanol–water partition coefficient (Wildman–Crippen LogP) is 3.79. The zero-order valence-electron chi connectivity index (χ0n) is 11.6. The molecular weight excluding hydrogens is 212 g/mol. The second-order valence-electron chi connectivity index (χ2n) is 5.83. The van der Waals surface area contributed by atoms with Crippen LogP contribution in [0.4, 0.5) is 0 Å². The van der Waals surface area contributed by atoms with Crippen molar-refractivity contribution in [3.63, 3.8) is 0 Å². The number of carboxylic acid groups (broad SMARTS) is 1. The maximum atomic E-state index is 11.1. The fourth-order valence-electron chi connectivity index (χ4n) is 2.21. The van der Waals surface area contributed by atoms with Crippen molar-refractivity contribution < 1.29 is 9.90 Å². The summed E-state index contributed by atoms with van der Waals surface area (Å²) in [5, 5.41) is 9.11. The first-order valence-corrected chi connectivity index (χ1v) is 5.99. The molecule has 17 heavy (non-hydrogen) atoms. The van der Waals surface area contributed by atoms with E-state index in [9.17, 15) is 4.79 Å². The maximum absolute atomic E-state index is 11.1. The molecule has 1 aromatic rings. The molecule has 2 nitrogen and oxygen atoms in total. The summed E-state index contributed by atoms with van der Waals surface area (Å²) in [6.07, 6.45) is 0. The van der Waals surface area contributed by atoms with E-state index in [2.05, 4.69) is 32.9 Å². The molecule has 2 heteroatoms. The fraction of sp³-hybridized carbons (Fsp3) is 0.533. The first-order chi connectivity index (χ1) is 7.64. The highest BCUT2D eigenvalue weighted by Gasteiger charge is 2.21. The SMILES string of the molecule is Cc1cc(C(C)(C)C)cc(C)c1C(C)C(=O)O. The van der Waals surface area contributed by atoms with Gasteiger partial charge in [0.05, 0.1) is 5.92 Å². The smallest absolute Gasteiger partial charge is 0.310 e. The largest absolute Gasteiger partial charge is 0.481 e. The van der Waals surface area contributed by atoms with Crippen LogP contribution in [0, 0.1) is 13.8 Å². The van der Waals surface area contributed by atoms with Gasteiger partial charge in [-0.1, -0.05) is 32.9 Å². The van der Waals surface area contributed by atoms with E-state index in [0.717, 1.165) is 16.7 Å². The minimum atomic E-state index is -0.764. The maximum Gasteiger partial charge on any atom is 0.310 e. The lowest BCUT2D eigenvalue weighted by Crippen LogP contribution is -2.15. The van der Waals surface area contributed by atoms with E-state index < -0.39 is 11.9 Å². The van der Waals surface area contributed by atoms with E-state index in [1.807, 2.05) is 13.8 Å². The minimum absolute atomic E-state index is 0.0977. The zero-order valence-corrected chi connectivity index (χ0v) is 11.6. The molecule has 1 atom stereocenters. The van der Waals surface area contributed by atoms with Crippen LogP contribution in [0.1, 0.15) is 55.9 Å². The third-order valence-electron chi connectivity index (χ3n) is 3.26. The molecular formula is C15H22O2. The number of hydrogen-bond acceptors (Lipinski definition) is 1. The second kappa shape index (κ2) is 4.52. The van der Waals surface area contributed by atoms with Crippen molar-refractivity contribution in [2.24, 2.45) is 0 Å². The molecule has 0 heterocycles. The average Bonchev–Trinajstić information content (AvgIpc) is 2.14. The average molecular weight is 234 g/mol. The van der Waals surface area contributed by atoms with Crippen molar-refractivity contribution in [1.82, 2.24) is 0 Å². The third-order valence-corrected chi connectivity index (χ3v) is 3.26. The van der Waals surface area contributed by atoms with Crippen LogP contribution in [0.2, 0.25) is 0 Å². The van der Waals surface area contributed by atoms with E-state index in [0.29, 0.717) is 0 Å². The second-order valence-corrected chi connectivity index (χ2v) is 5.83. The molecule has 0 fully saturated rings. The van der Waals surface area contributed by atoms with Gasteiger partial charge in [-0.2, -0.15) is 0 Å². The summed E-state index contributed by atoms with van der Waals surface area (Å²) >= 11 is 0. The lowest BCUT2D eigenvalue weighted by Gasteiger charge is -2.23. The van der Waals surface area contributed by atoms with Gasteiger partial charge in [0.1, 0.15) is 0 Å². The summed E-state index contributed by atoms with van der Waals surface area (Å²) in [6, 6.07) is 4.23. The molecule has 0 aliphatic heterocycles. The molecule has 0 aliphatic rings. The van der Waals surface area contributed by atoms with Crippen LogP contribution in [0.15, 0.2) is 12.1 Å². The molecule has 0 aromatic heterocycles. The highest BCUT2D eigenvalue weighted by molar-refractivity contribution is 5.76. The summed E-state index contributed by atoms with van der Waals surface area (Å²) in [4.78, 5) is 11.1. The van der Waals surface area contributed by atoms with Gasteiger partial charge in [-0.3, -0.25) is 4.79 Å². The van der Waals surface area contributed by atoms with Crippen LogP contribution in [-0.2, 0) is 10.2 Å². The normalized spacial score (nSPS) is 13.5. The van der Waals surface area contributed by atoms with Gasteiger partial charge in [0.2, 0.25) is 0 Å². The molecule has 0 aliphatic carbocycles. The van der Waals surface area contributed by atoms with Gasteiger partial charge in [-0.15, -0.1) is 0 Å². The van der Waals surface area contributed by atoms with Crippen LogP contribution in [0.3, 0.4) is 0 Å². The molecule has 0 amide bonds. The lowest BCUT2D eigenvalue weighted by molar-refractivity contribution is -0.138. The van der Waals surface area contributed by atoms with Crippen molar-refractivity contribution in [3.05, 3.63) is 34.4 Å². The fourth-order valence-corrected chi connectivity index (χ4v) is 2.21. The highest BCUT2D eigenvalue weighted by atomic mass is 16.4. The molecule has 0 saturated heterocycles. The Balaban J connectivity index is 3.34. The summed E-state index contributed by atoms with van der Waals surface area (Å²) in [7, 11) is 0. The number of aliphatic carboxylic acids is 1. The van der Waals surface area contributed by atoms with Crippen LogP contribution in [0.25, 0.3) is 0 Å². The van der Waals surface area contributed by atoms with E-state index in [1.54, 1.807) is 6.92 Å². The van der Waals surface area contributed by atoms with Gasteiger partial charge in [-0.05, 0) is 48.4 Å². The topological polar surface area (TPSA) is 37.3 Å². The Labute approximate surface area is 104 Å². The number of rotatable bonds is 2. The van der Waals surface area contributed by atoms with E-state index in [-0.39, 0.29) is 5.41 Å². The molecule has 1 unspecified atom stereocenters. The number of benzene rings is 1. The van der Waals surface area contributed by atoms with Crippen molar-refractivity contribution in [3.8, 4) is 0 Å². The Hall–Kier alpha value is -1.31. The summed E-state index contributed by atoms with van der Waals surface area (Å²) in [5.74, 6) is -1.20. The Kier molecular flexibility index (Phi) is 3.65. The quantitative estimate of drug-likeness (QED) is 0.845. The molecule has 1 rings (SSSR count). The monoisotopic (exact) mass is 234 g/mol. The van der Waals surface area contributed by atoms with Crippen LogP contribution >= 0.6 is 0 Å². The van der Waals surface area contributed by atoms with Gasteiger partial charge in [0.15, 0.2) is 0 Å². The van der Waals surface area contributed by atoms with Crippen molar-refractivity contribution >= 4 is 5.97 Å². The van der Waals surface area contributed by atoms with Gasteiger partial charge in [-0.25, -0.2) is 0 Å². The van der Waals surface area contributed by atoms with E-state index in [4.69, 9.17) is 5.11 Å². The van der Waals surface area contributed by atoms with Gasteiger partial charge in [0, 0.05) is 0 Å². The van der Waals surface area contributed by atoms with Gasteiger partial charge >= 0.3 is 5.97 Å². The standard InChI is InChI=1S/C15H22O2/c1-9-7-12(15(4,5)6)8-10(2)13(9)11(3)14(16)17/h7-8,11H,1-6H3,(H,16,17). The molecule has 1 aromatic carbocycles. The van der Waals surface area contributed by atoms with Crippen LogP contribution in [0.5, 0.6) is 0 Å².